The Balaban J connectivity index is 2.23. The predicted octanol–water partition coefficient (Wildman–Crippen LogP) is 4.50. The SMILES string of the molecule is CCn1c(=NC(=O)c2ccccc2SC)sc2c(C)ccc(OC)c21. The predicted molar refractivity (Wildman–Crippen MR) is 105 cm³/mol. The van der Waals surface area contributed by atoms with Gasteiger partial charge in [-0.3, -0.25) is 4.79 Å². The molecule has 0 unspecified atom stereocenters. The largest absolute Gasteiger partial charge is 0.495 e. The Bertz CT molecular complexity index is 1000. The van der Waals surface area contributed by atoms with Crippen molar-refractivity contribution in [3.63, 3.8) is 0 Å². The first-order chi connectivity index (χ1) is 12.1. The van der Waals surface area contributed by atoms with Gasteiger partial charge in [-0.1, -0.05) is 29.5 Å². The Labute approximate surface area is 155 Å². The molecule has 0 aliphatic rings. The van der Waals surface area contributed by atoms with E-state index in [0.29, 0.717) is 10.4 Å². The van der Waals surface area contributed by atoms with Crippen LogP contribution in [0.1, 0.15) is 22.8 Å². The van der Waals surface area contributed by atoms with E-state index in [-0.39, 0.29) is 5.91 Å². The summed E-state index contributed by atoms with van der Waals surface area (Å²) in [5.74, 6) is 0.590. The molecule has 3 rings (SSSR count). The molecule has 0 saturated carbocycles. The molecule has 0 atom stereocenters. The molecule has 0 saturated heterocycles. The molecular formula is C19H20N2O2S2. The summed E-state index contributed by atoms with van der Waals surface area (Å²) in [6.07, 6.45) is 1.96. The van der Waals surface area contributed by atoms with Crippen molar-refractivity contribution >= 4 is 39.2 Å². The lowest BCUT2D eigenvalue weighted by Crippen LogP contribution is -2.16. The molecule has 2 aromatic carbocycles. The molecule has 0 N–H and O–H groups in total. The molecular weight excluding hydrogens is 352 g/mol. The number of ether oxygens (including phenoxy) is 1. The summed E-state index contributed by atoms with van der Waals surface area (Å²) in [5.41, 5.74) is 2.79. The van der Waals surface area contributed by atoms with Crippen molar-refractivity contribution in [3.05, 3.63) is 52.3 Å². The van der Waals surface area contributed by atoms with Crippen LogP contribution >= 0.6 is 23.1 Å². The summed E-state index contributed by atoms with van der Waals surface area (Å²) in [4.78, 5) is 18.8. The topological polar surface area (TPSA) is 43.6 Å². The second kappa shape index (κ2) is 7.45. The van der Waals surface area contributed by atoms with Crippen LogP contribution in [0.5, 0.6) is 5.75 Å². The Morgan fingerprint density at radius 1 is 1.28 bits per heavy atom. The van der Waals surface area contributed by atoms with Crippen LogP contribution in [0, 0.1) is 6.92 Å². The van der Waals surface area contributed by atoms with Gasteiger partial charge in [0.2, 0.25) is 0 Å². The van der Waals surface area contributed by atoms with Crippen LogP contribution in [0.4, 0.5) is 0 Å². The van der Waals surface area contributed by atoms with E-state index in [0.717, 1.165) is 33.0 Å². The zero-order chi connectivity index (χ0) is 18.0. The highest BCUT2D eigenvalue weighted by molar-refractivity contribution is 7.98. The molecule has 4 nitrogen and oxygen atoms in total. The first kappa shape index (κ1) is 17.8. The van der Waals surface area contributed by atoms with Gasteiger partial charge in [-0.25, -0.2) is 0 Å². The molecule has 0 spiro atoms. The minimum Gasteiger partial charge on any atom is -0.495 e. The molecule has 6 heteroatoms. The van der Waals surface area contributed by atoms with Crippen LogP contribution in [0.2, 0.25) is 0 Å². The monoisotopic (exact) mass is 372 g/mol. The standard InChI is InChI=1S/C19H20N2O2S2/c1-5-21-16-14(23-3)11-10-12(2)17(16)25-19(21)20-18(22)13-8-6-7-9-15(13)24-4/h6-11H,5H2,1-4H3. The fraction of sp³-hybridized carbons (Fsp3) is 0.263. The van der Waals surface area contributed by atoms with Crippen molar-refractivity contribution in [1.82, 2.24) is 4.57 Å². The van der Waals surface area contributed by atoms with Crippen LogP contribution in [-0.4, -0.2) is 23.8 Å². The third-order valence-corrected chi connectivity index (χ3v) is 6.07. The van der Waals surface area contributed by atoms with Gasteiger partial charge in [-0.2, -0.15) is 4.99 Å². The number of aryl methyl sites for hydroxylation is 2. The lowest BCUT2D eigenvalue weighted by molar-refractivity contribution is 0.0995. The lowest BCUT2D eigenvalue weighted by atomic mass is 10.2. The maximum Gasteiger partial charge on any atom is 0.280 e. The van der Waals surface area contributed by atoms with Gasteiger partial charge in [-0.15, -0.1) is 11.8 Å². The lowest BCUT2D eigenvalue weighted by Gasteiger charge is -2.07. The number of thiazole rings is 1. The minimum absolute atomic E-state index is 0.213. The van der Waals surface area contributed by atoms with E-state index in [2.05, 4.69) is 11.9 Å². The van der Waals surface area contributed by atoms with Gasteiger partial charge in [-0.05, 0) is 43.9 Å². The van der Waals surface area contributed by atoms with Crippen molar-refractivity contribution in [3.8, 4) is 5.75 Å². The van der Waals surface area contributed by atoms with Crippen molar-refractivity contribution in [2.45, 2.75) is 25.3 Å². The zero-order valence-electron chi connectivity index (χ0n) is 14.7. The molecule has 0 radical (unpaired) electrons. The Morgan fingerprint density at radius 3 is 2.72 bits per heavy atom. The quantitative estimate of drug-likeness (QED) is 0.633. The highest BCUT2D eigenvalue weighted by atomic mass is 32.2. The summed E-state index contributed by atoms with van der Waals surface area (Å²) in [6.45, 7) is 4.83. The van der Waals surface area contributed by atoms with Gasteiger partial charge in [0, 0.05) is 11.4 Å². The average molecular weight is 373 g/mol. The van der Waals surface area contributed by atoms with Crippen molar-refractivity contribution in [1.29, 1.82) is 0 Å². The Morgan fingerprint density at radius 2 is 2.04 bits per heavy atom. The van der Waals surface area contributed by atoms with Crippen LogP contribution in [0.3, 0.4) is 0 Å². The second-order valence-corrected chi connectivity index (χ2v) is 7.33. The Hall–Kier alpha value is -2.05. The van der Waals surface area contributed by atoms with Gasteiger partial charge >= 0.3 is 0 Å². The highest BCUT2D eigenvalue weighted by Gasteiger charge is 2.15. The third-order valence-electron chi connectivity index (χ3n) is 4.06. The molecule has 0 fully saturated rings. The van der Waals surface area contributed by atoms with Crippen molar-refractivity contribution < 1.29 is 9.53 Å². The summed E-state index contributed by atoms with van der Waals surface area (Å²) in [5, 5.41) is 0. The number of rotatable bonds is 4. The van der Waals surface area contributed by atoms with Gasteiger partial charge in [0.25, 0.3) is 5.91 Å². The summed E-state index contributed by atoms with van der Waals surface area (Å²) in [7, 11) is 1.67. The van der Waals surface area contributed by atoms with Gasteiger partial charge < -0.3 is 9.30 Å². The Kier molecular flexibility index (Phi) is 5.30. The van der Waals surface area contributed by atoms with Crippen molar-refractivity contribution in [2.24, 2.45) is 4.99 Å². The van der Waals surface area contributed by atoms with Gasteiger partial charge in [0.15, 0.2) is 4.80 Å². The molecule has 1 amide bonds. The number of aromatic nitrogens is 1. The molecule has 25 heavy (non-hydrogen) atoms. The van der Waals surface area contributed by atoms with Gasteiger partial charge in [0.1, 0.15) is 11.3 Å². The first-order valence-corrected chi connectivity index (χ1v) is 10.0. The fourth-order valence-electron chi connectivity index (χ4n) is 2.79. The van der Waals surface area contributed by atoms with E-state index in [1.54, 1.807) is 18.9 Å². The van der Waals surface area contributed by atoms with Crippen LogP contribution in [0.15, 0.2) is 46.3 Å². The second-order valence-electron chi connectivity index (χ2n) is 5.51. The molecule has 0 bridgehead atoms. The summed E-state index contributed by atoms with van der Waals surface area (Å²) < 4.78 is 8.67. The van der Waals surface area contributed by atoms with Gasteiger partial charge in [0.05, 0.1) is 17.4 Å². The number of amides is 1. The maximum absolute atomic E-state index is 12.8. The molecule has 1 heterocycles. The van der Waals surface area contributed by atoms with E-state index < -0.39 is 0 Å². The minimum atomic E-state index is -0.213. The van der Waals surface area contributed by atoms with Crippen LogP contribution < -0.4 is 9.54 Å². The molecule has 0 aliphatic carbocycles. The molecule has 130 valence electrons. The average Bonchev–Trinajstić information content (AvgIpc) is 3.01. The maximum atomic E-state index is 12.8. The zero-order valence-corrected chi connectivity index (χ0v) is 16.3. The number of hydrogen-bond donors (Lipinski definition) is 0. The highest BCUT2D eigenvalue weighted by Crippen LogP contribution is 2.30. The number of nitrogens with zero attached hydrogens (tertiary/aromatic N) is 2. The number of methoxy groups -OCH3 is 1. The number of benzene rings is 2. The first-order valence-electron chi connectivity index (χ1n) is 7.99. The molecule has 3 aromatic rings. The summed E-state index contributed by atoms with van der Waals surface area (Å²) >= 11 is 3.08. The normalized spacial score (nSPS) is 11.9. The number of fused-ring (bicyclic) bond motifs is 1. The fourth-order valence-corrected chi connectivity index (χ4v) is 4.56. The number of hydrogen-bond acceptors (Lipinski definition) is 4. The van der Waals surface area contributed by atoms with Crippen LogP contribution in [0.25, 0.3) is 10.2 Å². The van der Waals surface area contributed by atoms with E-state index in [1.807, 2.05) is 54.1 Å². The molecule has 1 aromatic heterocycles. The van der Waals surface area contributed by atoms with E-state index >= 15 is 0 Å². The van der Waals surface area contributed by atoms with Crippen LogP contribution in [-0.2, 0) is 6.54 Å². The van der Waals surface area contributed by atoms with E-state index in [9.17, 15) is 4.79 Å². The third kappa shape index (κ3) is 3.24. The molecule has 0 aliphatic heterocycles. The number of carbonyl (C=O) groups excluding carboxylic acids is 1. The smallest absolute Gasteiger partial charge is 0.280 e. The van der Waals surface area contributed by atoms with E-state index in [1.165, 1.54) is 11.3 Å². The van der Waals surface area contributed by atoms with E-state index in [4.69, 9.17) is 4.74 Å². The summed E-state index contributed by atoms with van der Waals surface area (Å²) in [6, 6.07) is 11.6. The van der Waals surface area contributed by atoms with Crippen molar-refractivity contribution in [2.75, 3.05) is 13.4 Å². The number of thioether (sulfide) groups is 1. The number of carbonyl (C=O) groups is 1.